The summed E-state index contributed by atoms with van der Waals surface area (Å²) < 4.78 is 4.92. The van der Waals surface area contributed by atoms with E-state index in [9.17, 15) is 4.79 Å². The Morgan fingerprint density at radius 1 is 1.40 bits per heavy atom. The molecule has 0 unspecified atom stereocenters. The summed E-state index contributed by atoms with van der Waals surface area (Å²) in [5, 5.41) is -0.332. The third-order valence-electron chi connectivity index (χ3n) is 1.82. The maximum absolute atomic E-state index is 11.5. The van der Waals surface area contributed by atoms with Gasteiger partial charge in [0.25, 0.3) is 0 Å². The average Bonchev–Trinajstić information content (AvgIpc) is 2.14. The standard InChI is InChI=1S/C10H15Cl3O2/c1-3-5-8(11)7(6-9(12)13)10(14)15-4-2/h6-8H,3-5H2,1-2H3/t7-,8+/m0/s1. The van der Waals surface area contributed by atoms with Gasteiger partial charge in [0.1, 0.15) is 4.49 Å². The SMILES string of the molecule is CCC[C@@H](Cl)[C@H](C=C(Cl)Cl)C(=O)OCC. The molecule has 0 fully saturated rings. The topological polar surface area (TPSA) is 26.3 Å². The van der Waals surface area contributed by atoms with E-state index in [4.69, 9.17) is 39.5 Å². The molecule has 0 aliphatic heterocycles. The lowest BCUT2D eigenvalue weighted by atomic mass is 10.0. The number of hydrogen-bond acceptors (Lipinski definition) is 2. The minimum absolute atomic E-state index is 0.0369. The lowest BCUT2D eigenvalue weighted by Gasteiger charge is -2.16. The molecule has 0 aromatic heterocycles. The summed E-state index contributed by atoms with van der Waals surface area (Å²) in [5.41, 5.74) is 0. The number of rotatable bonds is 6. The number of ether oxygens (including phenoxy) is 1. The molecule has 2 nitrogen and oxygen atoms in total. The average molecular weight is 274 g/mol. The van der Waals surface area contributed by atoms with Crippen LogP contribution in [0.15, 0.2) is 10.6 Å². The van der Waals surface area contributed by atoms with E-state index < -0.39 is 5.92 Å². The number of alkyl halides is 1. The van der Waals surface area contributed by atoms with Gasteiger partial charge in [0, 0.05) is 0 Å². The quantitative estimate of drug-likeness (QED) is 0.542. The molecule has 0 radical (unpaired) electrons. The van der Waals surface area contributed by atoms with E-state index in [-0.39, 0.29) is 15.8 Å². The van der Waals surface area contributed by atoms with Crippen LogP contribution in [-0.4, -0.2) is 18.0 Å². The zero-order valence-corrected chi connectivity index (χ0v) is 11.1. The van der Waals surface area contributed by atoms with Crippen LogP contribution in [0.25, 0.3) is 0 Å². The van der Waals surface area contributed by atoms with Crippen molar-refractivity contribution in [2.24, 2.45) is 5.92 Å². The van der Waals surface area contributed by atoms with Crippen molar-refractivity contribution < 1.29 is 9.53 Å². The molecular weight excluding hydrogens is 258 g/mol. The molecule has 0 heterocycles. The molecule has 0 aliphatic rings. The first-order valence-electron chi connectivity index (χ1n) is 4.86. The van der Waals surface area contributed by atoms with Gasteiger partial charge >= 0.3 is 5.97 Å². The van der Waals surface area contributed by atoms with Crippen molar-refractivity contribution in [1.29, 1.82) is 0 Å². The third kappa shape index (κ3) is 6.29. The predicted octanol–water partition coefficient (Wildman–Crippen LogP) is 3.89. The molecule has 0 bridgehead atoms. The molecule has 0 rings (SSSR count). The molecule has 2 atom stereocenters. The fraction of sp³-hybridized carbons (Fsp3) is 0.700. The van der Waals surface area contributed by atoms with E-state index in [1.165, 1.54) is 6.08 Å². The Kier molecular flexibility index (Phi) is 8.30. The smallest absolute Gasteiger partial charge is 0.314 e. The van der Waals surface area contributed by atoms with E-state index in [0.717, 1.165) is 6.42 Å². The van der Waals surface area contributed by atoms with E-state index in [1.807, 2.05) is 6.92 Å². The molecule has 5 heteroatoms. The molecule has 15 heavy (non-hydrogen) atoms. The molecule has 0 spiro atoms. The molecule has 88 valence electrons. The zero-order valence-electron chi connectivity index (χ0n) is 8.80. The summed E-state index contributed by atoms with van der Waals surface area (Å²) >= 11 is 17.1. The second kappa shape index (κ2) is 8.26. The molecule has 0 aromatic carbocycles. The largest absolute Gasteiger partial charge is 0.465 e. The van der Waals surface area contributed by atoms with Crippen LogP contribution in [0.1, 0.15) is 26.7 Å². The maximum atomic E-state index is 11.5. The highest BCUT2D eigenvalue weighted by Crippen LogP contribution is 2.23. The molecule has 0 N–H and O–H groups in total. The van der Waals surface area contributed by atoms with Gasteiger partial charge in [-0.05, 0) is 19.4 Å². The van der Waals surface area contributed by atoms with E-state index in [0.29, 0.717) is 13.0 Å². The van der Waals surface area contributed by atoms with Gasteiger partial charge in [-0.2, -0.15) is 0 Å². The molecule has 0 aliphatic carbocycles. The first kappa shape index (κ1) is 15.1. The first-order chi connectivity index (χ1) is 7.02. The lowest BCUT2D eigenvalue weighted by molar-refractivity contribution is -0.146. The molecule has 0 aromatic rings. The van der Waals surface area contributed by atoms with Crippen LogP contribution in [0.4, 0.5) is 0 Å². The second-order valence-corrected chi connectivity index (χ2v) is 4.61. The van der Waals surface area contributed by atoms with Gasteiger partial charge in [0.05, 0.1) is 17.9 Å². The summed E-state index contributed by atoms with van der Waals surface area (Å²) in [6.07, 6.45) is 3.02. The van der Waals surface area contributed by atoms with Crippen LogP contribution >= 0.6 is 34.8 Å². The third-order valence-corrected chi connectivity index (χ3v) is 2.56. The lowest BCUT2D eigenvalue weighted by Crippen LogP contribution is -2.25. The summed E-state index contributed by atoms with van der Waals surface area (Å²) in [6, 6.07) is 0. The summed E-state index contributed by atoms with van der Waals surface area (Å²) in [5.74, 6) is -0.957. The Balaban J connectivity index is 4.57. The summed E-state index contributed by atoms with van der Waals surface area (Å²) in [6.45, 7) is 4.05. The Labute approximate surface area is 106 Å². The van der Waals surface area contributed by atoms with Gasteiger partial charge in [-0.3, -0.25) is 4.79 Å². The van der Waals surface area contributed by atoms with Gasteiger partial charge in [0.15, 0.2) is 0 Å². The normalized spacial score (nSPS) is 14.2. The zero-order chi connectivity index (χ0) is 11.8. The Morgan fingerprint density at radius 3 is 2.40 bits per heavy atom. The van der Waals surface area contributed by atoms with Crippen molar-refractivity contribution in [2.75, 3.05) is 6.61 Å². The van der Waals surface area contributed by atoms with Crippen molar-refractivity contribution in [2.45, 2.75) is 32.1 Å². The van der Waals surface area contributed by atoms with E-state index >= 15 is 0 Å². The maximum Gasteiger partial charge on any atom is 0.314 e. The van der Waals surface area contributed by atoms with Crippen LogP contribution in [0.5, 0.6) is 0 Å². The van der Waals surface area contributed by atoms with E-state index in [1.54, 1.807) is 6.92 Å². The molecule has 0 saturated carbocycles. The summed E-state index contributed by atoms with van der Waals surface area (Å²) in [7, 11) is 0. The number of esters is 1. The van der Waals surface area contributed by atoms with Gasteiger partial charge in [-0.1, -0.05) is 36.5 Å². The summed E-state index contributed by atoms with van der Waals surface area (Å²) in [4.78, 5) is 11.5. The van der Waals surface area contributed by atoms with Crippen LogP contribution in [-0.2, 0) is 9.53 Å². The number of hydrogen-bond donors (Lipinski definition) is 0. The van der Waals surface area contributed by atoms with Gasteiger partial charge < -0.3 is 4.74 Å². The monoisotopic (exact) mass is 272 g/mol. The highest BCUT2D eigenvalue weighted by atomic mass is 35.5. The Hall–Kier alpha value is 0.0800. The Bertz CT molecular complexity index is 225. The van der Waals surface area contributed by atoms with Crippen molar-refractivity contribution >= 4 is 40.8 Å². The highest BCUT2D eigenvalue weighted by molar-refractivity contribution is 6.56. The van der Waals surface area contributed by atoms with Gasteiger partial charge in [0.2, 0.25) is 0 Å². The fourth-order valence-electron chi connectivity index (χ4n) is 1.15. The van der Waals surface area contributed by atoms with Gasteiger partial charge in [-0.15, -0.1) is 11.6 Å². The van der Waals surface area contributed by atoms with Crippen LogP contribution < -0.4 is 0 Å². The van der Waals surface area contributed by atoms with Crippen molar-refractivity contribution in [3.63, 3.8) is 0 Å². The number of carbonyl (C=O) groups excluding carboxylic acids is 1. The first-order valence-corrected chi connectivity index (χ1v) is 6.05. The Morgan fingerprint density at radius 2 is 2.00 bits per heavy atom. The van der Waals surface area contributed by atoms with Crippen molar-refractivity contribution in [1.82, 2.24) is 0 Å². The van der Waals surface area contributed by atoms with Crippen LogP contribution in [0.2, 0.25) is 0 Å². The second-order valence-electron chi connectivity index (χ2n) is 3.04. The highest BCUT2D eigenvalue weighted by Gasteiger charge is 2.25. The van der Waals surface area contributed by atoms with Crippen molar-refractivity contribution in [3.05, 3.63) is 10.6 Å². The minimum Gasteiger partial charge on any atom is -0.465 e. The van der Waals surface area contributed by atoms with E-state index in [2.05, 4.69) is 0 Å². The fourth-order valence-corrected chi connectivity index (χ4v) is 1.81. The van der Waals surface area contributed by atoms with Crippen molar-refractivity contribution in [3.8, 4) is 0 Å². The molecule has 0 amide bonds. The number of halogens is 3. The predicted molar refractivity (Wildman–Crippen MR) is 64.5 cm³/mol. The van der Waals surface area contributed by atoms with Crippen LogP contribution in [0.3, 0.4) is 0 Å². The minimum atomic E-state index is -0.573. The molecule has 0 saturated heterocycles. The number of carbonyl (C=O) groups is 1. The van der Waals surface area contributed by atoms with Crippen LogP contribution in [0, 0.1) is 5.92 Å². The molecular formula is C10H15Cl3O2. The van der Waals surface area contributed by atoms with Gasteiger partial charge in [-0.25, -0.2) is 0 Å².